The predicted octanol–water partition coefficient (Wildman–Crippen LogP) is 5.61. The molecular weight excluding hydrogens is 403 g/mol. The molecule has 25 heavy (non-hydrogen) atoms. The summed E-state index contributed by atoms with van der Waals surface area (Å²) in [6.45, 7) is 8.85. The van der Waals surface area contributed by atoms with Crippen molar-refractivity contribution in [1.82, 2.24) is 5.09 Å². The van der Waals surface area contributed by atoms with E-state index < -0.39 is 8.53 Å². The Morgan fingerprint density at radius 2 is 1.72 bits per heavy atom. The summed E-state index contributed by atoms with van der Waals surface area (Å²) in [5.41, 5.74) is 0.816. The number of amides is 1. The summed E-state index contributed by atoms with van der Waals surface area (Å²) in [7, 11) is -1.04. The number of benzene rings is 1. The minimum Gasteiger partial charge on any atom is -0.325 e. The fraction of sp³-hybridized carbons (Fsp3) is 0.611. The highest BCUT2D eigenvalue weighted by atomic mass is 79.9. The van der Waals surface area contributed by atoms with Crippen LogP contribution < -0.4 is 10.4 Å². The van der Waals surface area contributed by atoms with Crippen LogP contribution in [0.4, 0.5) is 5.69 Å². The number of carbonyl (C=O) groups is 1. The molecule has 0 aromatic heterocycles. The Bertz CT molecular complexity index is 505. The molecule has 0 radical (unpaired) electrons. The number of hydrogen-bond acceptors (Lipinski definition) is 4. The van der Waals surface area contributed by atoms with E-state index in [1.54, 1.807) is 0 Å². The minimum atomic E-state index is -1.04. The summed E-state index contributed by atoms with van der Waals surface area (Å²) >= 11 is 3.43. The van der Waals surface area contributed by atoms with Gasteiger partial charge in [-0.3, -0.25) is 9.88 Å². The summed E-state index contributed by atoms with van der Waals surface area (Å²) in [5.74, 6) is 0.0494. The lowest BCUT2D eigenvalue weighted by molar-refractivity contribution is -0.116. The van der Waals surface area contributed by atoms with Crippen molar-refractivity contribution in [2.24, 2.45) is 0 Å². The van der Waals surface area contributed by atoms with Crippen LogP contribution >= 0.6 is 24.5 Å². The highest BCUT2D eigenvalue weighted by Crippen LogP contribution is 2.36. The van der Waals surface area contributed by atoms with E-state index in [1.807, 2.05) is 52.0 Å². The predicted molar refractivity (Wildman–Crippen MR) is 109 cm³/mol. The average molecular weight is 433 g/mol. The van der Waals surface area contributed by atoms with Crippen molar-refractivity contribution < 1.29 is 13.8 Å². The molecule has 1 amide bonds. The minimum absolute atomic E-state index is 0.0494. The van der Waals surface area contributed by atoms with Gasteiger partial charge in [0.1, 0.15) is 0 Å². The number of hydrogen-bond donors (Lipinski definition) is 2. The second kappa shape index (κ2) is 12.8. The summed E-state index contributed by atoms with van der Waals surface area (Å²) in [6.07, 6.45) is 3.65. The fourth-order valence-corrected chi connectivity index (χ4v) is 3.70. The van der Waals surface area contributed by atoms with Crippen LogP contribution in [0.15, 0.2) is 28.7 Å². The molecule has 1 rings (SSSR count). The highest BCUT2D eigenvalue weighted by Gasteiger charge is 2.14. The Balaban J connectivity index is 2.16. The van der Waals surface area contributed by atoms with E-state index in [2.05, 4.69) is 26.3 Å². The number of carbonyl (C=O) groups excluding carboxylic acids is 1. The van der Waals surface area contributed by atoms with Gasteiger partial charge in [0.15, 0.2) is 0 Å². The van der Waals surface area contributed by atoms with Crippen molar-refractivity contribution in [2.45, 2.75) is 65.6 Å². The van der Waals surface area contributed by atoms with Gasteiger partial charge in [0, 0.05) is 17.4 Å². The Labute approximate surface area is 161 Å². The summed E-state index contributed by atoms with van der Waals surface area (Å²) in [4.78, 5) is 12.0. The molecule has 142 valence electrons. The van der Waals surface area contributed by atoms with Gasteiger partial charge in [-0.2, -0.15) is 0 Å². The van der Waals surface area contributed by atoms with Gasteiger partial charge in [0.25, 0.3) is 8.53 Å². The topological polar surface area (TPSA) is 59.6 Å². The van der Waals surface area contributed by atoms with Gasteiger partial charge in [-0.15, -0.1) is 0 Å². The van der Waals surface area contributed by atoms with Gasteiger partial charge >= 0.3 is 0 Å². The standard InChI is InChI=1S/C18H30BrN2O3P/c1-14(2)23-25(24-15(3)4)20-13-9-5-6-12-18(22)21-17-11-8-7-10-16(17)19/h7-8,10-11,14-15,20H,5-6,9,12-13H2,1-4H3,(H,21,22). The zero-order valence-corrected chi connectivity index (χ0v) is 18.0. The molecule has 0 spiro atoms. The molecule has 0 heterocycles. The molecule has 0 saturated heterocycles. The molecule has 0 saturated carbocycles. The van der Waals surface area contributed by atoms with Crippen LogP contribution in [0.3, 0.4) is 0 Å². The molecule has 0 bridgehead atoms. The lowest BCUT2D eigenvalue weighted by atomic mass is 10.2. The van der Waals surface area contributed by atoms with Gasteiger partial charge in [-0.05, 0) is 68.6 Å². The smallest absolute Gasteiger partial charge is 0.256 e. The molecule has 0 fully saturated rings. The summed E-state index contributed by atoms with van der Waals surface area (Å²) in [6, 6.07) is 7.63. The Hall–Kier alpha value is -0.520. The largest absolute Gasteiger partial charge is 0.325 e. The molecule has 0 aliphatic heterocycles. The van der Waals surface area contributed by atoms with Crippen LogP contribution in [0.1, 0.15) is 53.4 Å². The lowest BCUT2D eigenvalue weighted by Gasteiger charge is -2.22. The molecule has 7 heteroatoms. The monoisotopic (exact) mass is 432 g/mol. The Morgan fingerprint density at radius 1 is 1.08 bits per heavy atom. The Morgan fingerprint density at radius 3 is 2.32 bits per heavy atom. The van der Waals surface area contributed by atoms with E-state index >= 15 is 0 Å². The first-order chi connectivity index (χ1) is 11.9. The maximum Gasteiger partial charge on any atom is 0.256 e. The zero-order chi connectivity index (χ0) is 18.7. The number of halogens is 1. The third kappa shape index (κ3) is 10.9. The van der Waals surface area contributed by atoms with Gasteiger partial charge in [-0.1, -0.05) is 18.6 Å². The zero-order valence-electron chi connectivity index (χ0n) is 15.5. The molecule has 0 aliphatic carbocycles. The molecule has 0 atom stereocenters. The lowest BCUT2D eigenvalue weighted by Crippen LogP contribution is -2.17. The van der Waals surface area contributed by atoms with E-state index in [1.165, 1.54) is 0 Å². The van der Waals surface area contributed by atoms with E-state index in [4.69, 9.17) is 9.05 Å². The first-order valence-electron chi connectivity index (χ1n) is 8.80. The maximum absolute atomic E-state index is 12.0. The molecular formula is C18H30BrN2O3P. The number of para-hydroxylation sites is 1. The normalized spacial score (nSPS) is 11.5. The van der Waals surface area contributed by atoms with E-state index in [-0.39, 0.29) is 18.1 Å². The van der Waals surface area contributed by atoms with Crippen LogP contribution in [-0.2, 0) is 13.8 Å². The van der Waals surface area contributed by atoms with Crippen LogP contribution in [0.25, 0.3) is 0 Å². The summed E-state index contributed by atoms with van der Waals surface area (Å²) < 4.78 is 12.4. The number of rotatable bonds is 12. The molecule has 0 aliphatic rings. The summed E-state index contributed by atoms with van der Waals surface area (Å²) in [5, 5.41) is 6.26. The van der Waals surface area contributed by atoms with Gasteiger partial charge in [-0.25, -0.2) is 0 Å². The first-order valence-corrected chi connectivity index (χ1v) is 10.8. The van der Waals surface area contributed by atoms with Crippen molar-refractivity contribution in [3.05, 3.63) is 28.7 Å². The molecule has 0 unspecified atom stereocenters. The van der Waals surface area contributed by atoms with Crippen LogP contribution in [0.2, 0.25) is 0 Å². The Kier molecular flexibility index (Phi) is 11.5. The van der Waals surface area contributed by atoms with Crippen molar-refractivity contribution in [3.8, 4) is 0 Å². The molecule has 1 aromatic rings. The van der Waals surface area contributed by atoms with Crippen LogP contribution in [0, 0.1) is 0 Å². The van der Waals surface area contributed by atoms with E-state index in [0.29, 0.717) is 6.42 Å². The average Bonchev–Trinajstić information content (AvgIpc) is 2.51. The molecule has 2 N–H and O–H groups in total. The quantitative estimate of drug-likeness (QED) is 0.332. The number of unbranched alkanes of at least 4 members (excludes halogenated alkanes) is 2. The SMILES string of the molecule is CC(C)OP(NCCCCCC(=O)Nc1ccccc1Br)OC(C)C. The van der Waals surface area contributed by atoms with Gasteiger partial charge < -0.3 is 14.4 Å². The third-order valence-electron chi connectivity index (χ3n) is 3.08. The van der Waals surface area contributed by atoms with Gasteiger partial charge in [0.2, 0.25) is 5.91 Å². The van der Waals surface area contributed by atoms with Crippen LogP contribution in [-0.4, -0.2) is 24.7 Å². The fourth-order valence-electron chi connectivity index (χ4n) is 2.02. The first kappa shape index (κ1) is 22.5. The molecule has 1 aromatic carbocycles. The number of anilines is 1. The van der Waals surface area contributed by atoms with Crippen molar-refractivity contribution in [2.75, 3.05) is 11.9 Å². The van der Waals surface area contributed by atoms with Gasteiger partial charge in [0.05, 0.1) is 17.9 Å². The second-order valence-electron chi connectivity index (χ2n) is 6.31. The highest BCUT2D eigenvalue weighted by molar-refractivity contribution is 9.10. The van der Waals surface area contributed by atoms with E-state index in [0.717, 1.165) is 36.0 Å². The molecule has 5 nitrogen and oxygen atoms in total. The van der Waals surface area contributed by atoms with Crippen molar-refractivity contribution in [1.29, 1.82) is 0 Å². The second-order valence-corrected chi connectivity index (χ2v) is 8.42. The van der Waals surface area contributed by atoms with Crippen molar-refractivity contribution >= 4 is 36.1 Å². The maximum atomic E-state index is 12.0. The third-order valence-corrected chi connectivity index (χ3v) is 5.48. The van der Waals surface area contributed by atoms with E-state index in [9.17, 15) is 4.79 Å². The van der Waals surface area contributed by atoms with Crippen molar-refractivity contribution in [3.63, 3.8) is 0 Å². The number of nitrogens with one attached hydrogen (secondary N) is 2. The van der Waals surface area contributed by atoms with Crippen LogP contribution in [0.5, 0.6) is 0 Å².